The third-order valence-corrected chi connectivity index (χ3v) is 1.42. The molecule has 0 rings (SSSR count). The van der Waals surface area contributed by atoms with Crippen LogP contribution in [0.2, 0.25) is 0 Å². The average molecular weight is 215 g/mol. The number of esters is 2. The van der Waals surface area contributed by atoms with Gasteiger partial charge in [-0.05, 0) is 13.8 Å². The first-order valence-electron chi connectivity index (χ1n) is 4.79. The van der Waals surface area contributed by atoms with Crippen LogP contribution < -0.4 is 5.32 Å². The molecule has 0 aromatic heterocycles. The normalized spacial score (nSPS) is 12.2. The van der Waals surface area contributed by atoms with E-state index in [9.17, 15) is 9.59 Å². The second kappa shape index (κ2) is 7.84. The fourth-order valence-corrected chi connectivity index (χ4v) is 0.761. The Morgan fingerprint density at radius 2 is 2.07 bits per heavy atom. The maximum Gasteiger partial charge on any atom is 0.332 e. The van der Waals surface area contributed by atoms with Crippen molar-refractivity contribution < 1.29 is 19.1 Å². The van der Waals surface area contributed by atoms with Gasteiger partial charge in [-0.15, -0.1) is 0 Å². The Kier molecular flexibility index (Phi) is 7.05. The predicted octanol–water partition coefficient (Wildman–Crippen LogP) is 0.604. The molecule has 0 aromatic carbocycles. The molecule has 0 aliphatic heterocycles. The van der Waals surface area contributed by atoms with Gasteiger partial charge in [-0.25, -0.2) is 4.79 Å². The molecular weight excluding hydrogens is 198 g/mol. The third-order valence-electron chi connectivity index (χ3n) is 1.42. The first kappa shape index (κ1) is 13.5. The maximum absolute atomic E-state index is 10.9. The lowest BCUT2D eigenvalue weighted by molar-refractivity contribution is -0.141. The van der Waals surface area contributed by atoms with Crippen molar-refractivity contribution >= 4 is 11.9 Å². The van der Waals surface area contributed by atoms with Gasteiger partial charge in [-0.3, -0.25) is 4.79 Å². The van der Waals surface area contributed by atoms with E-state index in [0.717, 1.165) is 0 Å². The predicted molar refractivity (Wildman–Crippen MR) is 55.0 cm³/mol. The first-order valence-corrected chi connectivity index (χ1v) is 4.79. The second-order valence-corrected chi connectivity index (χ2v) is 2.96. The Morgan fingerprint density at radius 3 is 2.60 bits per heavy atom. The molecule has 0 aliphatic rings. The highest BCUT2D eigenvalue weighted by Crippen LogP contribution is 1.86. The Morgan fingerprint density at radius 1 is 1.40 bits per heavy atom. The van der Waals surface area contributed by atoms with Crippen LogP contribution in [0.5, 0.6) is 0 Å². The van der Waals surface area contributed by atoms with Crippen LogP contribution in [0.1, 0.15) is 20.8 Å². The maximum atomic E-state index is 10.9. The van der Waals surface area contributed by atoms with Gasteiger partial charge in [0.05, 0.1) is 12.6 Å². The van der Waals surface area contributed by atoms with E-state index >= 15 is 0 Å². The SMILES string of the molecule is CCOC(=O)/C=C/N[C@@H](C)COC(C)=O. The number of hydrogen-bond acceptors (Lipinski definition) is 5. The minimum atomic E-state index is -0.398. The largest absolute Gasteiger partial charge is 0.464 e. The lowest BCUT2D eigenvalue weighted by Crippen LogP contribution is -2.27. The smallest absolute Gasteiger partial charge is 0.332 e. The first-order chi connectivity index (χ1) is 7.06. The molecule has 5 nitrogen and oxygen atoms in total. The van der Waals surface area contributed by atoms with Crippen molar-refractivity contribution in [2.75, 3.05) is 13.2 Å². The summed E-state index contributed by atoms with van der Waals surface area (Å²) < 4.78 is 9.43. The van der Waals surface area contributed by atoms with Gasteiger partial charge in [-0.1, -0.05) is 0 Å². The van der Waals surface area contributed by atoms with E-state index in [2.05, 4.69) is 10.1 Å². The van der Waals surface area contributed by atoms with Crippen molar-refractivity contribution in [2.45, 2.75) is 26.8 Å². The molecule has 0 radical (unpaired) electrons. The summed E-state index contributed by atoms with van der Waals surface area (Å²) in [6.07, 6.45) is 2.76. The Hall–Kier alpha value is -1.52. The van der Waals surface area contributed by atoms with Crippen LogP contribution in [0, 0.1) is 0 Å². The molecule has 0 aromatic rings. The van der Waals surface area contributed by atoms with Crippen LogP contribution in [0.15, 0.2) is 12.3 Å². The quantitative estimate of drug-likeness (QED) is 0.519. The van der Waals surface area contributed by atoms with E-state index in [4.69, 9.17) is 4.74 Å². The number of rotatable bonds is 6. The molecule has 1 N–H and O–H groups in total. The van der Waals surface area contributed by atoms with Crippen molar-refractivity contribution in [3.05, 3.63) is 12.3 Å². The summed E-state index contributed by atoms with van der Waals surface area (Å²) in [5.41, 5.74) is 0. The highest BCUT2D eigenvalue weighted by Gasteiger charge is 2.01. The third kappa shape index (κ3) is 8.80. The fourth-order valence-electron chi connectivity index (χ4n) is 0.761. The van der Waals surface area contributed by atoms with Crippen LogP contribution >= 0.6 is 0 Å². The monoisotopic (exact) mass is 215 g/mol. The molecule has 0 aliphatic carbocycles. The van der Waals surface area contributed by atoms with Gasteiger partial charge in [0.25, 0.3) is 0 Å². The molecule has 15 heavy (non-hydrogen) atoms. The highest BCUT2D eigenvalue weighted by molar-refractivity contribution is 5.81. The molecule has 0 amide bonds. The standard InChI is InChI=1S/C10H17NO4/c1-4-14-10(13)5-6-11-8(2)7-15-9(3)12/h5-6,8,11H,4,7H2,1-3H3/b6-5+/t8-/m0/s1. The summed E-state index contributed by atoms with van der Waals surface area (Å²) in [7, 11) is 0. The highest BCUT2D eigenvalue weighted by atomic mass is 16.5. The van der Waals surface area contributed by atoms with Gasteiger partial charge in [0.2, 0.25) is 0 Å². The number of nitrogens with one attached hydrogen (secondary N) is 1. The van der Waals surface area contributed by atoms with Crippen LogP contribution in [0.3, 0.4) is 0 Å². The van der Waals surface area contributed by atoms with Crippen molar-refractivity contribution in [3.8, 4) is 0 Å². The van der Waals surface area contributed by atoms with Gasteiger partial charge >= 0.3 is 11.9 Å². The fraction of sp³-hybridized carbons (Fsp3) is 0.600. The second-order valence-electron chi connectivity index (χ2n) is 2.96. The molecule has 86 valence electrons. The zero-order chi connectivity index (χ0) is 11.7. The summed E-state index contributed by atoms with van der Waals surface area (Å²) in [5.74, 6) is -0.720. The minimum Gasteiger partial charge on any atom is -0.464 e. The van der Waals surface area contributed by atoms with E-state index in [-0.39, 0.29) is 18.6 Å². The van der Waals surface area contributed by atoms with Crippen molar-refractivity contribution in [1.29, 1.82) is 0 Å². The Bertz CT molecular complexity index is 238. The van der Waals surface area contributed by atoms with E-state index in [0.29, 0.717) is 6.61 Å². The summed E-state index contributed by atoms with van der Waals surface area (Å²) in [6.45, 7) is 5.54. The molecule has 0 fully saturated rings. The molecule has 0 saturated heterocycles. The Labute approximate surface area is 89.4 Å². The van der Waals surface area contributed by atoms with Gasteiger partial charge < -0.3 is 14.8 Å². The Balaban J connectivity index is 3.65. The number of carbonyl (C=O) groups excluding carboxylic acids is 2. The number of carbonyl (C=O) groups is 2. The molecule has 0 saturated carbocycles. The summed E-state index contributed by atoms with van der Waals surface area (Å²) in [6, 6.07) is -0.0421. The van der Waals surface area contributed by atoms with Crippen LogP contribution in [-0.4, -0.2) is 31.2 Å². The number of hydrogen-bond donors (Lipinski definition) is 1. The van der Waals surface area contributed by atoms with Crippen LogP contribution in [-0.2, 0) is 19.1 Å². The van der Waals surface area contributed by atoms with Gasteiger partial charge in [0, 0.05) is 19.2 Å². The topological polar surface area (TPSA) is 64.6 Å². The molecule has 0 bridgehead atoms. The van der Waals surface area contributed by atoms with Crippen molar-refractivity contribution in [3.63, 3.8) is 0 Å². The molecule has 0 unspecified atom stereocenters. The van der Waals surface area contributed by atoms with Crippen molar-refractivity contribution in [2.24, 2.45) is 0 Å². The summed E-state index contributed by atoms with van der Waals surface area (Å²) in [4.78, 5) is 21.3. The lowest BCUT2D eigenvalue weighted by Gasteiger charge is -2.10. The van der Waals surface area contributed by atoms with Crippen molar-refractivity contribution in [1.82, 2.24) is 5.32 Å². The average Bonchev–Trinajstić information content (AvgIpc) is 2.15. The molecule has 1 atom stereocenters. The van der Waals surface area contributed by atoms with E-state index in [1.165, 1.54) is 19.2 Å². The van der Waals surface area contributed by atoms with E-state index in [1.54, 1.807) is 6.92 Å². The van der Waals surface area contributed by atoms with E-state index < -0.39 is 5.97 Å². The molecule has 5 heteroatoms. The molecule has 0 spiro atoms. The lowest BCUT2D eigenvalue weighted by atomic mass is 10.4. The number of ether oxygens (including phenoxy) is 2. The zero-order valence-corrected chi connectivity index (χ0v) is 9.28. The van der Waals surface area contributed by atoms with Gasteiger partial charge in [-0.2, -0.15) is 0 Å². The molecule has 0 heterocycles. The van der Waals surface area contributed by atoms with Crippen LogP contribution in [0.25, 0.3) is 0 Å². The minimum absolute atomic E-state index is 0.0421. The van der Waals surface area contributed by atoms with Crippen LogP contribution in [0.4, 0.5) is 0 Å². The molecular formula is C10H17NO4. The van der Waals surface area contributed by atoms with E-state index in [1.807, 2.05) is 6.92 Å². The summed E-state index contributed by atoms with van der Waals surface area (Å²) in [5, 5.41) is 2.87. The summed E-state index contributed by atoms with van der Waals surface area (Å²) >= 11 is 0. The van der Waals surface area contributed by atoms with Gasteiger partial charge in [0.15, 0.2) is 0 Å². The van der Waals surface area contributed by atoms with Gasteiger partial charge in [0.1, 0.15) is 6.61 Å². The zero-order valence-electron chi connectivity index (χ0n) is 9.28.